The van der Waals surface area contributed by atoms with Crippen molar-refractivity contribution in [1.29, 1.82) is 0 Å². The van der Waals surface area contributed by atoms with Crippen LogP contribution in [0, 0.1) is 22.7 Å². The van der Waals surface area contributed by atoms with E-state index in [1.807, 2.05) is 83.1 Å². The smallest absolute Gasteiger partial charge is 0.344 e. The summed E-state index contributed by atoms with van der Waals surface area (Å²) in [5.41, 5.74) is -2.30. The van der Waals surface area contributed by atoms with Gasteiger partial charge in [0.15, 0.2) is 19.8 Å². The molecule has 4 aliphatic carbocycles. The number of hydrogen-bond acceptors (Lipinski definition) is 16. The molecular weight excluding hydrogens is 1040 g/mol. The zero-order valence-corrected chi connectivity index (χ0v) is 47.8. The molecule has 81 heavy (non-hydrogen) atoms. The molecule has 0 aromatic carbocycles. The third-order valence-corrected chi connectivity index (χ3v) is 15.4. The Kier molecular flexibility index (Phi) is 52.0. The topological polar surface area (TPSA) is 210 Å². The molecule has 0 N–H and O–H groups in total. The van der Waals surface area contributed by atoms with Gasteiger partial charge in [0.05, 0.1) is 29.1 Å². The second kappa shape index (κ2) is 45.2. The summed E-state index contributed by atoms with van der Waals surface area (Å²) in [6.45, 7) is 25.8. The van der Waals surface area contributed by atoms with Crippen molar-refractivity contribution in [2.75, 3.05) is 26.4 Å². The van der Waals surface area contributed by atoms with E-state index in [2.05, 4.69) is 0 Å². The summed E-state index contributed by atoms with van der Waals surface area (Å²) in [6, 6.07) is 0. The maximum absolute atomic E-state index is 11.8. The van der Waals surface area contributed by atoms with E-state index in [-0.39, 0.29) is 156 Å². The van der Waals surface area contributed by atoms with Gasteiger partial charge in [0.1, 0.15) is 29.0 Å². The van der Waals surface area contributed by atoms with Crippen LogP contribution in [0.15, 0.2) is 0 Å². The van der Waals surface area contributed by atoms with Crippen molar-refractivity contribution >= 4 is 47.8 Å². The molecule has 0 amide bonds. The van der Waals surface area contributed by atoms with Crippen molar-refractivity contribution in [3.63, 3.8) is 0 Å². The van der Waals surface area contributed by atoms with E-state index in [4.69, 9.17) is 37.9 Å². The van der Waals surface area contributed by atoms with Crippen LogP contribution in [0.3, 0.4) is 0 Å². The molecule has 16 heteroatoms. The number of carbonyl (C=O) groups excluding carboxylic acids is 8. The summed E-state index contributed by atoms with van der Waals surface area (Å²) in [5, 5.41) is 0. The summed E-state index contributed by atoms with van der Waals surface area (Å²) in [6.07, 6.45) is 20.8. The lowest BCUT2D eigenvalue weighted by molar-refractivity contribution is -0.173. The molecule has 0 aromatic rings. The van der Waals surface area contributed by atoms with E-state index >= 15 is 0 Å². The number of hydrogen-bond donors (Lipinski definition) is 0. The van der Waals surface area contributed by atoms with Crippen molar-refractivity contribution in [2.24, 2.45) is 22.7 Å². The molecule has 2 atom stereocenters. The lowest BCUT2D eigenvalue weighted by Gasteiger charge is -2.28. The number of carbonyl (C=O) groups is 8. The van der Waals surface area contributed by atoms with Crippen LogP contribution >= 0.6 is 0 Å². The fourth-order valence-corrected chi connectivity index (χ4v) is 8.63. The molecule has 0 bridgehead atoms. The quantitative estimate of drug-likeness (QED) is 0.0688. The Morgan fingerprint density at radius 1 is 0.395 bits per heavy atom. The van der Waals surface area contributed by atoms with E-state index in [1.165, 1.54) is 0 Å². The summed E-state index contributed by atoms with van der Waals surface area (Å²) in [4.78, 5) is 92.9. The molecular formula is C65H130O16. The van der Waals surface area contributed by atoms with Crippen LogP contribution in [-0.2, 0) is 76.3 Å². The lowest BCUT2D eigenvalue weighted by atomic mass is 9.91. The molecule has 16 nitrogen and oxygen atoms in total. The van der Waals surface area contributed by atoms with Gasteiger partial charge in [-0.05, 0) is 183 Å². The summed E-state index contributed by atoms with van der Waals surface area (Å²) in [7, 11) is 0. The highest BCUT2D eigenvalue weighted by atomic mass is 16.6. The fraction of sp³-hybridized carbons (Fsp3) is 0.877. The van der Waals surface area contributed by atoms with Crippen LogP contribution in [0.1, 0.15) is 304 Å². The Morgan fingerprint density at radius 2 is 0.667 bits per heavy atom. The van der Waals surface area contributed by atoms with Gasteiger partial charge in [0, 0.05) is 0 Å². The first-order valence-electron chi connectivity index (χ1n) is 27.7. The number of esters is 8. The molecule has 0 saturated heterocycles. The van der Waals surface area contributed by atoms with E-state index in [0.29, 0.717) is 25.7 Å². The molecule has 0 radical (unpaired) electrons. The highest BCUT2D eigenvalue weighted by molar-refractivity contribution is 5.80. The molecule has 4 aliphatic rings. The summed E-state index contributed by atoms with van der Waals surface area (Å²) >= 11 is 0. The van der Waals surface area contributed by atoms with Crippen LogP contribution in [-0.4, -0.2) is 96.6 Å². The van der Waals surface area contributed by atoms with Gasteiger partial charge in [-0.25, -0.2) is 14.4 Å². The van der Waals surface area contributed by atoms with Gasteiger partial charge in [-0.3, -0.25) is 24.0 Å². The molecule has 0 aromatic heterocycles. The summed E-state index contributed by atoms with van der Waals surface area (Å²) < 4.78 is 41.8. The molecule has 0 aliphatic heterocycles. The standard InChI is InChI=1S/2C15H26O4.C14H24O4.C13H22O4.8CH4/c1-5-14(2,3)13(17)18-11-8-12(16)19-15(4)9-6-7-10-15;1-5-14(3,4)13(17)18-11-12(16)19-15(6-2)9-7-8-10-15;1-4-11(3)13(16)17-10-12(15)18-14(5-2)8-6-7-9-14;1-4-10(2)12(15)16-9-11(14)17-13(3)7-5-6-8-13;;;;;;;;/h2*5-11H2,1-4H3;11H,4-10H2,1-3H3;10H,4-9H2,1-3H3;8*1H4. The SMILES string of the molecule is C.C.C.C.C.C.C.C.CCC(C)(C)C(=O)OCCC(=O)OC1(C)CCCC1.CCC(C)C(=O)OCC(=O)OC1(C)CCCC1.CCC(C)C(=O)OCC(=O)OC1(CC)CCCC1.CCC1(OC(=O)COC(=O)C(C)(C)CC)CCCC1. The highest BCUT2D eigenvalue weighted by Gasteiger charge is 2.38. The maximum Gasteiger partial charge on any atom is 0.344 e. The lowest BCUT2D eigenvalue weighted by Crippen LogP contribution is -2.34. The van der Waals surface area contributed by atoms with Crippen molar-refractivity contribution < 1.29 is 76.3 Å². The normalized spacial score (nSPS) is 16.9. The van der Waals surface area contributed by atoms with Gasteiger partial charge in [-0.2, -0.15) is 0 Å². The predicted molar refractivity (Wildman–Crippen MR) is 330 cm³/mol. The summed E-state index contributed by atoms with van der Waals surface area (Å²) in [5.74, 6) is -3.14. The third-order valence-electron chi connectivity index (χ3n) is 15.4. The largest absolute Gasteiger partial charge is 0.465 e. The van der Waals surface area contributed by atoms with Gasteiger partial charge in [-0.15, -0.1) is 0 Å². The maximum atomic E-state index is 11.8. The van der Waals surface area contributed by atoms with Crippen molar-refractivity contribution in [3.8, 4) is 0 Å². The number of rotatable bonds is 23. The van der Waals surface area contributed by atoms with E-state index in [9.17, 15) is 38.4 Å². The Morgan fingerprint density at radius 3 is 0.963 bits per heavy atom. The van der Waals surface area contributed by atoms with Crippen molar-refractivity contribution in [2.45, 2.75) is 326 Å². The average Bonchev–Trinajstić information content (AvgIpc) is 4.21. The molecule has 4 rings (SSSR count). The first kappa shape index (κ1) is 93.2. The molecule has 4 fully saturated rings. The molecule has 4 saturated carbocycles. The minimum Gasteiger partial charge on any atom is -0.465 e. The third kappa shape index (κ3) is 34.8. The first-order valence-corrected chi connectivity index (χ1v) is 27.7. The van der Waals surface area contributed by atoms with Crippen LogP contribution in [0.25, 0.3) is 0 Å². The minimum atomic E-state index is -0.546. The van der Waals surface area contributed by atoms with Crippen LogP contribution in [0.4, 0.5) is 0 Å². The Labute approximate surface area is 497 Å². The van der Waals surface area contributed by atoms with Gasteiger partial charge in [-0.1, -0.05) is 115 Å². The predicted octanol–water partition coefficient (Wildman–Crippen LogP) is 16.8. The molecule has 2 unspecified atom stereocenters. The second-order valence-electron chi connectivity index (χ2n) is 22.5. The zero-order valence-electron chi connectivity index (χ0n) is 47.8. The molecule has 0 spiro atoms. The van der Waals surface area contributed by atoms with Gasteiger partial charge >= 0.3 is 47.8 Å². The van der Waals surface area contributed by atoms with Gasteiger partial charge in [0.25, 0.3) is 0 Å². The van der Waals surface area contributed by atoms with E-state index in [1.54, 1.807) is 13.8 Å². The van der Waals surface area contributed by atoms with Gasteiger partial charge < -0.3 is 37.9 Å². The van der Waals surface area contributed by atoms with Crippen LogP contribution in [0.5, 0.6) is 0 Å². The van der Waals surface area contributed by atoms with E-state index < -0.39 is 28.7 Å². The van der Waals surface area contributed by atoms with Crippen LogP contribution in [0.2, 0.25) is 0 Å². The van der Waals surface area contributed by atoms with Gasteiger partial charge in [0.2, 0.25) is 0 Å². The second-order valence-corrected chi connectivity index (χ2v) is 22.5. The highest BCUT2D eigenvalue weighted by Crippen LogP contribution is 2.38. The average molecular weight is 1170 g/mol. The Bertz CT molecular complexity index is 1730. The Hall–Kier alpha value is -4.24. The Balaban J connectivity index is -0.000000142. The van der Waals surface area contributed by atoms with Crippen molar-refractivity contribution in [3.05, 3.63) is 0 Å². The monoisotopic (exact) mass is 1170 g/mol. The fourth-order valence-electron chi connectivity index (χ4n) is 8.63. The zero-order chi connectivity index (χ0) is 55.5. The minimum absolute atomic E-state index is 0. The number of ether oxygens (including phenoxy) is 8. The molecule has 486 valence electrons. The van der Waals surface area contributed by atoms with E-state index in [0.717, 1.165) is 116 Å². The van der Waals surface area contributed by atoms with Crippen LogP contribution < -0.4 is 0 Å². The van der Waals surface area contributed by atoms with Crippen molar-refractivity contribution in [1.82, 2.24) is 0 Å². The molecule has 0 heterocycles. The first-order chi connectivity index (χ1) is 34.1.